The molecule has 168 valence electrons. The van der Waals surface area contributed by atoms with Crippen molar-refractivity contribution in [2.75, 3.05) is 53.0 Å². The van der Waals surface area contributed by atoms with Gasteiger partial charge in [0.15, 0.2) is 5.96 Å². The normalized spacial score (nSPS) is 16.6. The fourth-order valence-corrected chi connectivity index (χ4v) is 3.92. The second-order valence-corrected chi connectivity index (χ2v) is 7.78. The molecule has 2 aliphatic heterocycles. The van der Waals surface area contributed by atoms with Crippen molar-refractivity contribution in [2.24, 2.45) is 4.99 Å². The lowest BCUT2D eigenvalue weighted by molar-refractivity contribution is 0.0389. The maximum atomic E-state index is 5.73. The van der Waals surface area contributed by atoms with Crippen LogP contribution in [0.15, 0.2) is 47.5 Å². The van der Waals surface area contributed by atoms with Crippen LogP contribution in [0, 0.1) is 0 Å². The summed E-state index contributed by atoms with van der Waals surface area (Å²) < 4.78 is 11.1. The van der Waals surface area contributed by atoms with E-state index in [4.69, 9.17) is 9.47 Å². The van der Waals surface area contributed by atoms with Crippen LogP contribution in [-0.4, -0.2) is 63.9 Å². The van der Waals surface area contributed by atoms with Gasteiger partial charge in [-0.1, -0.05) is 30.3 Å². The van der Waals surface area contributed by atoms with Crippen LogP contribution >= 0.6 is 24.0 Å². The van der Waals surface area contributed by atoms with Crippen molar-refractivity contribution in [1.82, 2.24) is 15.5 Å². The summed E-state index contributed by atoms with van der Waals surface area (Å²) in [4.78, 5) is 6.74. The number of fused-ring (bicyclic) bond motifs is 1. The minimum Gasteiger partial charge on any atom is -0.493 e. The van der Waals surface area contributed by atoms with Gasteiger partial charge in [-0.2, -0.15) is 0 Å². The molecule has 0 radical (unpaired) electrons. The lowest BCUT2D eigenvalue weighted by Crippen LogP contribution is -2.44. The van der Waals surface area contributed by atoms with Crippen molar-refractivity contribution in [3.63, 3.8) is 0 Å². The van der Waals surface area contributed by atoms with Crippen LogP contribution in [0.4, 0.5) is 0 Å². The predicted molar refractivity (Wildman–Crippen MR) is 137 cm³/mol. The Balaban J connectivity index is 0.00000272. The third-order valence-electron chi connectivity index (χ3n) is 5.70. The van der Waals surface area contributed by atoms with Gasteiger partial charge in [0.25, 0.3) is 0 Å². The third-order valence-corrected chi connectivity index (χ3v) is 5.70. The summed E-state index contributed by atoms with van der Waals surface area (Å²) in [6.07, 6.45) is 2.20. The Labute approximate surface area is 202 Å². The minimum absolute atomic E-state index is 0. The minimum atomic E-state index is 0. The number of nitrogens with one attached hydrogen (secondary N) is 2. The van der Waals surface area contributed by atoms with Gasteiger partial charge in [0.2, 0.25) is 0 Å². The first-order valence-electron chi connectivity index (χ1n) is 10.9. The molecule has 0 aromatic heterocycles. The number of hydrogen-bond donors (Lipinski definition) is 2. The van der Waals surface area contributed by atoms with Crippen LogP contribution in [0.5, 0.6) is 5.75 Å². The molecule has 0 aliphatic carbocycles. The molecule has 2 heterocycles. The average molecular weight is 536 g/mol. The Kier molecular flexibility index (Phi) is 9.42. The molecule has 2 aromatic rings. The number of halogens is 1. The average Bonchev–Trinajstić information content (AvgIpc) is 2.82. The molecule has 31 heavy (non-hydrogen) atoms. The molecule has 4 rings (SSSR count). The molecule has 0 bridgehead atoms. The Bertz CT molecular complexity index is 851. The van der Waals surface area contributed by atoms with E-state index < -0.39 is 0 Å². The van der Waals surface area contributed by atoms with Gasteiger partial charge < -0.3 is 20.1 Å². The van der Waals surface area contributed by atoms with Gasteiger partial charge in [-0.25, -0.2) is 0 Å². The highest BCUT2D eigenvalue weighted by Crippen LogP contribution is 2.30. The van der Waals surface area contributed by atoms with Crippen molar-refractivity contribution < 1.29 is 9.47 Å². The smallest absolute Gasteiger partial charge is 0.191 e. The van der Waals surface area contributed by atoms with Crippen LogP contribution in [0.25, 0.3) is 11.1 Å². The molecule has 2 aromatic carbocycles. The molecule has 0 amide bonds. The molecule has 7 heteroatoms. The van der Waals surface area contributed by atoms with Crippen LogP contribution in [-0.2, 0) is 17.7 Å². The van der Waals surface area contributed by atoms with Gasteiger partial charge in [0.1, 0.15) is 5.75 Å². The summed E-state index contributed by atoms with van der Waals surface area (Å²) in [5.41, 5.74) is 5.03. The first kappa shape index (κ1) is 23.8. The summed E-state index contributed by atoms with van der Waals surface area (Å²) >= 11 is 0. The van der Waals surface area contributed by atoms with Gasteiger partial charge in [0.05, 0.1) is 19.8 Å². The number of hydrogen-bond acceptors (Lipinski definition) is 4. The molecule has 0 atom stereocenters. The highest BCUT2D eigenvalue weighted by Gasteiger charge is 2.12. The van der Waals surface area contributed by atoms with E-state index in [0.717, 1.165) is 77.1 Å². The van der Waals surface area contributed by atoms with Gasteiger partial charge in [-0.3, -0.25) is 9.89 Å². The van der Waals surface area contributed by atoms with Crippen LogP contribution in [0.3, 0.4) is 0 Å². The molecular weight excluding hydrogens is 503 g/mol. The molecule has 1 fully saturated rings. The largest absolute Gasteiger partial charge is 0.493 e. The van der Waals surface area contributed by atoms with Gasteiger partial charge in [0, 0.05) is 39.8 Å². The van der Waals surface area contributed by atoms with Crippen LogP contribution < -0.4 is 15.4 Å². The Morgan fingerprint density at radius 3 is 2.55 bits per heavy atom. The molecule has 1 saturated heterocycles. The van der Waals surface area contributed by atoms with E-state index in [-0.39, 0.29) is 24.0 Å². The van der Waals surface area contributed by atoms with Crippen molar-refractivity contribution in [3.8, 4) is 16.9 Å². The maximum Gasteiger partial charge on any atom is 0.191 e. The number of ether oxygens (including phenoxy) is 2. The number of guanidine groups is 1. The summed E-state index contributed by atoms with van der Waals surface area (Å²) in [5, 5.41) is 6.80. The number of benzene rings is 2. The van der Waals surface area contributed by atoms with E-state index in [9.17, 15) is 0 Å². The Morgan fingerprint density at radius 1 is 1.00 bits per heavy atom. The quantitative estimate of drug-likeness (QED) is 0.337. The molecule has 2 aliphatic rings. The van der Waals surface area contributed by atoms with Gasteiger partial charge in [-0.15, -0.1) is 24.0 Å². The molecule has 0 spiro atoms. The summed E-state index contributed by atoms with van der Waals surface area (Å²) in [6, 6.07) is 15.3. The topological polar surface area (TPSA) is 58.1 Å². The first-order chi connectivity index (χ1) is 14.8. The van der Waals surface area contributed by atoms with E-state index in [1.807, 2.05) is 7.05 Å². The summed E-state index contributed by atoms with van der Waals surface area (Å²) in [5.74, 6) is 1.88. The lowest BCUT2D eigenvalue weighted by Gasteiger charge is -2.26. The van der Waals surface area contributed by atoms with Crippen molar-refractivity contribution in [1.29, 1.82) is 0 Å². The monoisotopic (exact) mass is 536 g/mol. The summed E-state index contributed by atoms with van der Waals surface area (Å²) in [7, 11) is 1.81. The van der Waals surface area contributed by atoms with Crippen molar-refractivity contribution in [3.05, 3.63) is 53.6 Å². The first-order valence-corrected chi connectivity index (χ1v) is 10.9. The zero-order chi connectivity index (χ0) is 20.6. The Morgan fingerprint density at radius 2 is 1.77 bits per heavy atom. The van der Waals surface area contributed by atoms with Gasteiger partial charge >= 0.3 is 0 Å². The maximum absolute atomic E-state index is 5.73. The number of aryl methyl sites for hydroxylation is 1. The zero-order valence-corrected chi connectivity index (χ0v) is 20.6. The van der Waals surface area contributed by atoms with Crippen LogP contribution in [0.2, 0.25) is 0 Å². The second kappa shape index (κ2) is 12.3. The van der Waals surface area contributed by atoms with Crippen molar-refractivity contribution in [2.45, 2.75) is 19.4 Å². The molecule has 6 nitrogen and oxygen atoms in total. The van der Waals surface area contributed by atoms with E-state index in [1.54, 1.807) is 0 Å². The second-order valence-electron chi connectivity index (χ2n) is 7.78. The number of nitrogens with zero attached hydrogens (tertiary/aromatic N) is 2. The molecular formula is C24H33IN4O2. The number of rotatable bonds is 6. The highest BCUT2D eigenvalue weighted by molar-refractivity contribution is 14.0. The van der Waals surface area contributed by atoms with Crippen LogP contribution in [0.1, 0.15) is 17.5 Å². The molecule has 0 saturated carbocycles. The molecule has 0 unspecified atom stereocenters. The van der Waals surface area contributed by atoms with E-state index >= 15 is 0 Å². The van der Waals surface area contributed by atoms with E-state index in [1.165, 1.54) is 22.3 Å². The highest BCUT2D eigenvalue weighted by atomic mass is 127. The lowest BCUT2D eigenvalue weighted by atomic mass is 9.98. The molecule has 2 N–H and O–H groups in total. The van der Waals surface area contributed by atoms with Crippen molar-refractivity contribution >= 4 is 29.9 Å². The Hall–Kier alpha value is -1.84. The summed E-state index contributed by atoms with van der Waals surface area (Å²) in [6.45, 7) is 7.15. The standard InChI is InChI=1S/C24H32N4O2.HI/c1-25-24(26-10-11-28-12-15-29-16-13-28)27-18-19-4-6-20(7-5-19)21-8-9-23-22(17-21)3-2-14-30-23;/h4-9,17H,2-3,10-16,18H2,1H3,(H2,25,26,27);1H. The number of aliphatic imine (C=N–C) groups is 1. The third kappa shape index (κ3) is 6.82. The zero-order valence-electron chi connectivity index (χ0n) is 18.2. The predicted octanol–water partition coefficient (Wildman–Crippen LogP) is 3.29. The number of morpholine rings is 1. The van der Waals surface area contributed by atoms with Gasteiger partial charge in [-0.05, 0) is 47.2 Å². The fourth-order valence-electron chi connectivity index (χ4n) is 3.92. The SMILES string of the molecule is CN=C(NCCN1CCOCC1)NCc1ccc(-c2ccc3c(c2)CCCO3)cc1.I. The fraction of sp³-hybridized carbons (Fsp3) is 0.458. The van der Waals surface area contributed by atoms with E-state index in [0.29, 0.717) is 0 Å². The van der Waals surface area contributed by atoms with E-state index in [2.05, 4.69) is 63.0 Å².